The summed E-state index contributed by atoms with van der Waals surface area (Å²) >= 11 is 0. The number of rotatable bonds is 10. The molecule has 0 heterocycles. The zero-order valence-electron chi connectivity index (χ0n) is 10.0. The van der Waals surface area contributed by atoms with Crippen molar-refractivity contribution in [2.75, 3.05) is 6.61 Å². The first-order valence-corrected chi connectivity index (χ1v) is 6.04. The molecular weight excluding hydrogens is 208 g/mol. The van der Waals surface area contributed by atoms with E-state index in [4.69, 9.17) is 9.84 Å². The van der Waals surface area contributed by atoms with Gasteiger partial charge in [0.2, 0.25) is 0 Å². The van der Waals surface area contributed by atoms with E-state index in [9.17, 15) is 9.59 Å². The summed E-state index contributed by atoms with van der Waals surface area (Å²) in [4.78, 5) is 21.4. The first kappa shape index (κ1) is 14.9. The van der Waals surface area contributed by atoms with Crippen LogP contribution >= 0.6 is 0 Å². The average Bonchev–Trinajstić information content (AvgIpc) is 2.23. The van der Waals surface area contributed by atoms with Crippen LogP contribution in [0.15, 0.2) is 0 Å². The first-order valence-electron chi connectivity index (χ1n) is 6.04. The van der Waals surface area contributed by atoms with Gasteiger partial charge in [-0.15, -0.1) is 0 Å². The molecule has 0 radical (unpaired) electrons. The molecule has 0 aromatic heterocycles. The van der Waals surface area contributed by atoms with Crippen LogP contribution in [0.1, 0.15) is 58.3 Å². The molecule has 0 aliphatic heterocycles. The molecule has 0 aromatic rings. The Morgan fingerprint density at radius 2 is 1.69 bits per heavy atom. The zero-order valence-corrected chi connectivity index (χ0v) is 10.0. The molecule has 16 heavy (non-hydrogen) atoms. The Hall–Kier alpha value is -1.06. The van der Waals surface area contributed by atoms with Crippen molar-refractivity contribution < 1.29 is 19.4 Å². The number of aliphatic carboxylic acids is 1. The zero-order chi connectivity index (χ0) is 12.2. The van der Waals surface area contributed by atoms with Crippen molar-refractivity contribution in [2.45, 2.75) is 58.3 Å². The predicted molar refractivity (Wildman–Crippen MR) is 61.2 cm³/mol. The Balaban J connectivity index is 3.20. The Morgan fingerprint density at radius 3 is 2.31 bits per heavy atom. The minimum Gasteiger partial charge on any atom is -0.481 e. The predicted octanol–water partition coefficient (Wildman–Crippen LogP) is 2.75. The molecule has 0 fully saturated rings. The highest BCUT2D eigenvalue weighted by atomic mass is 16.5. The van der Waals surface area contributed by atoms with E-state index in [-0.39, 0.29) is 12.4 Å². The monoisotopic (exact) mass is 230 g/mol. The van der Waals surface area contributed by atoms with Gasteiger partial charge in [-0.1, -0.05) is 26.2 Å². The van der Waals surface area contributed by atoms with E-state index in [0.717, 1.165) is 25.7 Å². The fraction of sp³-hybridized carbons (Fsp3) is 0.833. The van der Waals surface area contributed by atoms with E-state index < -0.39 is 5.97 Å². The van der Waals surface area contributed by atoms with E-state index in [0.29, 0.717) is 25.9 Å². The number of carbonyl (C=O) groups excluding carboxylic acids is 1. The molecule has 0 unspecified atom stereocenters. The molecule has 0 saturated heterocycles. The molecule has 1 N–H and O–H groups in total. The van der Waals surface area contributed by atoms with Crippen molar-refractivity contribution in [2.24, 2.45) is 0 Å². The van der Waals surface area contributed by atoms with Gasteiger partial charge in [0.1, 0.15) is 0 Å². The highest BCUT2D eigenvalue weighted by Crippen LogP contribution is 2.04. The van der Waals surface area contributed by atoms with Crippen LogP contribution in [0.5, 0.6) is 0 Å². The van der Waals surface area contributed by atoms with Crippen LogP contribution in [0.3, 0.4) is 0 Å². The topological polar surface area (TPSA) is 63.6 Å². The summed E-state index contributed by atoms with van der Waals surface area (Å²) in [6, 6.07) is 0. The molecule has 0 rings (SSSR count). The summed E-state index contributed by atoms with van der Waals surface area (Å²) in [5.74, 6) is -0.961. The Morgan fingerprint density at radius 1 is 1.00 bits per heavy atom. The summed E-state index contributed by atoms with van der Waals surface area (Å²) in [7, 11) is 0. The van der Waals surface area contributed by atoms with Crippen LogP contribution in [0.25, 0.3) is 0 Å². The molecule has 0 bridgehead atoms. The molecule has 0 aromatic carbocycles. The van der Waals surface area contributed by atoms with Gasteiger partial charge in [-0.05, 0) is 19.3 Å². The second-order valence-electron chi connectivity index (χ2n) is 3.88. The number of esters is 1. The first-order chi connectivity index (χ1) is 7.66. The lowest BCUT2D eigenvalue weighted by atomic mass is 10.1. The molecule has 4 heteroatoms. The molecule has 0 amide bonds. The van der Waals surface area contributed by atoms with Gasteiger partial charge in [0, 0.05) is 12.8 Å². The van der Waals surface area contributed by atoms with Crippen molar-refractivity contribution in [3.63, 3.8) is 0 Å². The molecule has 0 atom stereocenters. The maximum absolute atomic E-state index is 11.2. The highest BCUT2D eigenvalue weighted by Gasteiger charge is 2.02. The second-order valence-corrected chi connectivity index (χ2v) is 3.88. The summed E-state index contributed by atoms with van der Waals surface area (Å²) < 4.78 is 4.97. The van der Waals surface area contributed by atoms with Crippen LogP contribution in [-0.4, -0.2) is 23.7 Å². The van der Waals surface area contributed by atoms with Crippen LogP contribution in [0.4, 0.5) is 0 Å². The van der Waals surface area contributed by atoms with Crippen molar-refractivity contribution in [3.8, 4) is 0 Å². The van der Waals surface area contributed by atoms with Crippen molar-refractivity contribution >= 4 is 11.9 Å². The smallest absolute Gasteiger partial charge is 0.305 e. The van der Waals surface area contributed by atoms with Gasteiger partial charge in [0.15, 0.2) is 0 Å². The fourth-order valence-corrected chi connectivity index (χ4v) is 1.33. The normalized spacial score (nSPS) is 10.1. The minimum absolute atomic E-state index is 0.147. The van der Waals surface area contributed by atoms with Gasteiger partial charge < -0.3 is 9.84 Å². The van der Waals surface area contributed by atoms with Gasteiger partial charge in [-0.3, -0.25) is 9.59 Å². The van der Waals surface area contributed by atoms with Crippen LogP contribution in [-0.2, 0) is 14.3 Å². The minimum atomic E-state index is -0.800. The van der Waals surface area contributed by atoms with Gasteiger partial charge >= 0.3 is 11.9 Å². The largest absolute Gasteiger partial charge is 0.481 e. The number of hydrogen-bond donors (Lipinski definition) is 1. The third-order valence-corrected chi connectivity index (χ3v) is 2.28. The average molecular weight is 230 g/mol. The summed E-state index contributed by atoms with van der Waals surface area (Å²) in [5.41, 5.74) is 0. The lowest BCUT2D eigenvalue weighted by molar-refractivity contribution is -0.143. The molecule has 0 aliphatic rings. The Labute approximate surface area is 97.0 Å². The van der Waals surface area contributed by atoms with Crippen molar-refractivity contribution in [3.05, 3.63) is 0 Å². The second kappa shape index (κ2) is 10.5. The van der Waals surface area contributed by atoms with Gasteiger partial charge in [-0.25, -0.2) is 0 Å². The SMILES string of the molecule is CCCCCCC(=O)OCCCCC(=O)O. The maximum atomic E-state index is 11.2. The van der Waals surface area contributed by atoms with Gasteiger partial charge in [0.05, 0.1) is 6.61 Å². The lowest BCUT2D eigenvalue weighted by Crippen LogP contribution is -2.06. The fourth-order valence-electron chi connectivity index (χ4n) is 1.33. The summed E-state index contributed by atoms with van der Waals surface area (Å²) in [6.07, 6.45) is 6.11. The molecule has 0 saturated carbocycles. The number of carboxylic acids is 1. The highest BCUT2D eigenvalue weighted by molar-refractivity contribution is 5.69. The van der Waals surface area contributed by atoms with E-state index in [1.165, 1.54) is 0 Å². The number of carboxylic acid groups (broad SMARTS) is 1. The number of unbranched alkanes of at least 4 members (excludes halogenated alkanes) is 4. The van der Waals surface area contributed by atoms with Crippen LogP contribution in [0, 0.1) is 0 Å². The lowest BCUT2D eigenvalue weighted by Gasteiger charge is -2.03. The van der Waals surface area contributed by atoms with Crippen LogP contribution < -0.4 is 0 Å². The number of carbonyl (C=O) groups is 2. The van der Waals surface area contributed by atoms with E-state index in [1.54, 1.807) is 0 Å². The van der Waals surface area contributed by atoms with Crippen molar-refractivity contribution in [1.29, 1.82) is 0 Å². The van der Waals surface area contributed by atoms with E-state index in [2.05, 4.69) is 6.92 Å². The summed E-state index contributed by atoms with van der Waals surface area (Å²) in [6.45, 7) is 2.47. The Bertz CT molecular complexity index is 201. The van der Waals surface area contributed by atoms with Crippen molar-refractivity contribution in [1.82, 2.24) is 0 Å². The molecule has 4 nitrogen and oxygen atoms in total. The standard InChI is InChI=1S/C12H22O4/c1-2-3-4-5-9-12(15)16-10-7-6-8-11(13)14/h2-10H2,1H3,(H,13,14). The van der Waals surface area contributed by atoms with Gasteiger partial charge in [0.25, 0.3) is 0 Å². The number of hydrogen-bond acceptors (Lipinski definition) is 3. The third kappa shape index (κ3) is 11.0. The third-order valence-electron chi connectivity index (χ3n) is 2.28. The van der Waals surface area contributed by atoms with Crippen LogP contribution in [0.2, 0.25) is 0 Å². The summed E-state index contributed by atoms with van der Waals surface area (Å²) in [5, 5.41) is 8.38. The Kier molecular flexibility index (Phi) is 9.76. The quantitative estimate of drug-likeness (QED) is 0.463. The van der Waals surface area contributed by atoms with Gasteiger partial charge in [-0.2, -0.15) is 0 Å². The molecule has 94 valence electrons. The molecular formula is C12H22O4. The van der Waals surface area contributed by atoms with E-state index in [1.807, 2.05) is 0 Å². The molecule has 0 spiro atoms. The molecule has 0 aliphatic carbocycles. The van der Waals surface area contributed by atoms with E-state index >= 15 is 0 Å². The number of ether oxygens (including phenoxy) is 1. The maximum Gasteiger partial charge on any atom is 0.305 e.